The van der Waals surface area contributed by atoms with Crippen molar-refractivity contribution in [1.29, 1.82) is 0 Å². The lowest BCUT2D eigenvalue weighted by Crippen LogP contribution is -2.32. The van der Waals surface area contributed by atoms with Gasteiger partial charge in [0.1, 0.15) is 5.60 Å². The van der Waals surface area contributed by atoms with Crippen molar-refractivity contribution in [2.75, 3.05) is 6.54 Å². The summed E-state index contributed by atoms with van der Waals surface area (Å²) >= 11 is 0. The molecular weight excluding hydrogens is 278 g/mol. The summed E-state index contributed by atoms with van der Waals surface area (Å²) in [6.45, 7) is 8.04. The molecule has 1 N–H and O–H groups in total. The first kappa shape index (κ1) is 18.2. The highest BCUT2D eigenvalue weighted by molar-refractivity contribution is 5.97. The number of hydrogen-bond donors (Lipinski definition) is 1. The zero-order valence-electron chi connectivity index (χ0n) is 14.1. The standard InChI is InChI=1S/C18H27NO3/c1-14-10-7-8-11-15(14)16(20)12-6-5-9-13-19-17(21)22-18(2,3)4/h7-8,10-11H,5-6,9,12-13H2,1-4H3,(H,19,21). The third-order valence-corrected chi connectivity index (χ3v) is 3.19. The monoisotopic (exact) mass is 305 g/mol. The Hall–Kier alpha value is -1.84. The SMILES string of the molecule is Cc1ccccc1C(=O)CCCCCNC(=O)OC(C)(C)C. The highest BCUT2D eigenvalue weighted by Crippen LogP contribution is 2.12. The minimum atomic E-state index is -0.468. The third-order valence-electron chi connectivity index (χ3n) is 3.19. The fraction of sp³-hybridized carbons (Fsp3) is 0.556. The number of alkyl carbamates (subject to hydrolysis) is 1. The van der Waals surface area contributed by atoms with Crippen LogP contribution in [0.5, 0.6) is 0 Å². The van der Waals surface area contributed by atoms with Crippen LogP contribution in [0.4, 0.5) is 4.79 Å². The van der Waals surface area contributed by atoms with Crippen LogP contribution in [0.2, 0.25) is 0 Å². The van der Waals surface area contributed by atoms with E-state index in [4.69, 9.17) is 4.74 Å². The largest absolute Gasteiger partial charge is 0.444 e. The quantitative estimate of drug-likeness (QED) is 0.605. The molecule has 0 radical (unpaired) electrons. The van der Waals surface area contributed by atoms with E-state index in [9.17, 15) is 9.59 Å². The van der Waals surface area contributed by atoms with Crippen molar-refractivity contribution in [3.63, 3.8) is 0 Å². The molecule has 1 aromatic carbocycles. The van der Waals surface area contributed by atoms with Crippen molar-refractivity contribution in [3.05, 3.63) is 35.4 Å². The van der Waals surface area contributed by atoms with Gasteiger partial charge in [-0.05, 0) is 46.1 Å². The molecule has 0 aromatic heterocycles. The average molecular weight is 305 g/mol. The van der Waals surface area contributed by atoms with Crippen molar-refractivity contribution >= 4 is 11.9 Å². The number of benzene rings is 1. The summed E-state index contributed by atoms with van der Waals surface area (Å²) < 4.78 is 5.15. The number of carbonyl (C=O) groups excluding carboxylic acids is 2. The molecule has 0 aliphatic rings. The first-order chi connectivity index (χ1) is 10.3. The lowest BCUT2D eigenvalue weighted by Gasteiger charge is -2.19. The molecule has 1 rings (SSSR count). The van der Waals surface area contributed by atoms with Gasteiger partial charge < -0.3 is 10.1 Å². The third kappa shape index (κ3) is 7.25. The number of rotatable bonds is 7. The van der Waals surface area contributed by atoms with Crippen molar-refractivity contribution in [3.8, 4) is 0 Å². The molecule has 0 bridgehead atoms. The molecule has 22 heavy (non-hydrogen) atoms. The molecule has 1 amide bonds. The molecule has 0 unspecified atom stereocenters. The van der Waals surface area contributed by atoms with Gasteiger partial charge in [0.15, 0.2) is 5.78 Å². The van der Waals surface area contributed by atoms with Gasteiger partial charge in [-0.2, -0.15) is 0 Å². The molecule has 0 atom stereocenters. The molecule has 0 spiro atoms. The number of ether oxygens (including phenoxy) is 1. The van der Waals surface area contributed by atoms with E-state index in [1.54, 1.807) is 0 Å². The van der Waals surface area contributed by atoms with E-state index in [0.717, 1.165) is 30.4 Å². The van der Waals surface area contributed by atoms with Crippen LogP contribution in [0.25, 0.3) is 0 Å². The summed E-state index contributed by atoms with van der Waals surface area (Å²) in [4.78, 5) is 23.5. The topological polar surface area (TPSA) is 55.4 Å². The van der Waals surface area contributed by atoms with E-state index in [1.165, 1.54) is 0 Å². The van der Waals surface area contributed by atoms with Crippen LogP contribution in [0, 0.1) is 6.92 Å². The van der Waals surface area contributed by atoms with Gasteiger partial charge in [-0.3, -0.25) is 4.79 Å². The second kappa shape index (κ2) is 8.57. The zero-order chi connectivity index (χ0) is 16.6. The van der Waals surface area contributed by atoms with Gasteiger partial charge in [0, 0.05) is 18.5 Å². The van der Waals surface area contributed by atoms with Gasteiger partial charge in [0.25, 0.3) is 0 Å². The smallest absolute Gasteiger partial charge is 0.407 e. The predicted octanol–water partition coefficient (Wildman–Crippen LogP) is 4.26. The number of unbranched alkanes of at least 4 members (excludes halogenated alkanes) is 2. The number of amides is 1. The van der Waals surface area contributed by atoms with E-state index in [2.05, 4.69) is 5.32 Å². The van der Waals surface area contributed by atoms with Gasteiger partial charge in [0.05, 0.1) is 0 Å². The second-order valence-corrected chi connectivity index (χ2v) is 6.48. The average Bonchev–Trinajstić information content (AvgIpc) is 2.41. The molecule has 1 aromatic rings. The van der Waals surface area contributed by atoms with Gasteiger partial charge in [0.2, 0.25) is 0 Å². The minimum absolute atomic E-state index is 0.193. The number of Topliss-reactive ketones (excluding diaryl/α,β-unsaturated/α-hetero) is 1. The van der Waals surface area contributed by atoms with Crippen LogP contribution in [0.15, 0.2) is 24.3 Å². The number of nitrogens with one attached hydrogen (secondary N) is 1. The fourth-order valence-corrected chi connectivity index (χ4v) is 2.11. The number of carbonyl (C=O) groups is 2. The van der Waals surface area contributed by atoms with Crippen LogP contribution in [-0.2, 0) is 4.74 Å². The molecule has 4 nitrogen and oxygen atoms in total. The summed E-state index contributed by atoms with van der Waals surface area (Å²) in [5.41, 5.74) is 1.37. The van der Waals surface area contributed by atoms with Crippen LogP contribution >= 0.6 is 0 Å². The number of hydrogen-bond acceptors (Lipinski definition) is 3. The fourth-order valence-electron chi connectivity index (χ4n) is 2.11. The van der Waals surface area contributed by atoms with Gasteiger partial charge >= 0.3 is 6.09 Å². The van der Waals surface area contributed by atoms with Crippen molar-refractivity contribution < 1.29 is 14.3 Å². The van der Waals surface area contributed by atoms with Crippen LogP contribution in [0.3, 0.4) is 0 Å². The maximum Gasteiger partial charge on any atom is 0.407 e. The molecule has 0 saturated carbocycles. The molecule has 0 fully saturated rings. The number of aryl methyl sites for hydroxylation is 1. The lowest BCUT2D eigenvalue weighted by molar-refractivity contribution is 0.0526. The van der Waals surface area contributed by atoms with Crippen molar-refractivity contribution in [2.45, 2.75) is 59.0 Å². The molecular formula is C18H27NO3. The van der Waals surface area contributed by atoms with E-state index < -0.39 is 5.60 Å². The van der Waals surface area contributed by atoms with Crippen LogP contribution < -0.4 is 5.32 Å². The Kier molecular flexibility index (Phi) is 7.09. The molecule has 0 heterocycles. The highest BCUT2D eigenvalue weighted by atomic mass is 16.6. The van der Waals surface area contributed by atoms with Gasteiger partial charge in [-0.1, -0.05) is 30.7 Å². The van der Waals surface area contributed by atoms with Crippen LogP contribution in [-0.4, -0.2) is 24.0 Å². The summed E-state index contributed by atoms with van der Waals surface area (Å²) in [7, 11) is 0. The Balaban J connectivity index is 2.15. The Morgan fingerprint density at radius 2 is 1.77 bits per heavy atom. The van der Waals surface area contributed by atoms with Gasteiger partial charge in [-0.25, -0.2) is 4.79 Å². The molecule has 122 valence electrons. The molecule has 0 aliphatic heterocycles. The minimum Gasteiger partial charge on any atom is -0.444 e. The lowest BCUT2D eigenvalue weighted by atomic mass is 10.0. The predicted molar refractivity (Wildman–Crippen MR) is 88.2 cm³/mol. The summed E-state index contributed by atoms with van der Waals surface area (Å²) in [5, 5.41) is 2.72. The Bertz CT molecular complexity index is 503. The molecule has 0 saturated heterocycles. The second-order valence-electron chi connectivity index (χ2n) is 6.48. The first-order valence-corrected chi connectivity index (χ1v) is 7.85. The maximum atomic E-state index is 12.1. The van der Waals surface area contributed by atoms with E-state index in [0.29, 0.717) is 13.0 Å². The maximum absolute atomic E-state index is 12.1. The highest BCUT2D eigenvalue weighted by Gasteiger charge is 2.15. The Labute approximate surface area is 133 Å². The summed E-state index contributed by atoms with van der Waals surface area (Å²) in [5.74, 6) is 0.193. The Morgan fingerprint density at radius 3 is 2.41 bits per heavy atom. The van der Waals surface area contributed by atoms with E-state index >= 15 is 0 Å². The summed E-state index contributed by atoms with van der Waals surface area (Å²) in [6, 6.07) is 7.67. The molecule has 0 aliphatic carbocycles. The van der Waals surface area contributed by atoms with Crippen molar-refractivity contribution in [1.82, 2.24) is 5.32 Å². The normalized spacial score (nSPS) is 11.1. The van der Waals surface area contributed by atoms with E-state index in [-0.39, 0.29) is 11.9 Å². The van der Waals surface area contributed by atoms with E-state index in [1.807, 2.05) is 52.0 Å². The van der Waals surface area contributed by atoms with Crippen molar-refractivity contribution in [2.24, 2.45) is 0 Å². The van der Waals surface area contributed by atoms with Crippen LogP contribution in [0.1, 0.15) is 62.4 Å². The number of ketones is 1. The van der Waals surface area contributed by atoms with Gasteiger partial charge in [-0.15, -0.1) is 0 Å². The molecule has 4 heteroatoms. The Morgan fingerprint density at radius 1 is 1.09 bits per heavy atom. The summed E-state index contributed by atoms with van der Waals surface area (Å²) in [6.07, 6.45) is 2.76. The first-order valence-electron chi connectivity index (χ1n) is 7.85. The zero-order valence-corrected chi connectivity index (χ0v) is 14.1.